The molecule has 0 radical (unpaired) electrons. The zero-order valence-corrected chi connectivity index (χ0v) is 14.4. The minimum absolute atomic E-state index is 0.0323. The zero-order valence-electron chi connectivity index (χ0n) is 14.4. The Morgan fingerprint density at radius 2 is 1.62 bits per heavy atom. The lowest BCUT2D eigenvalue weighted by molar-refractivity contribution is 0.678. The predicted molar refractivity (Wildman–Crippen MR) is 99.3 cm³/mol. The second kappa shape index (κ2) is 6.31. The minimum Gasteiger partial charge on any atom is -0.368 e. The molecule has 124 valence electrons. The van der Waals surface area contributed by atoms with Crippen LogP contribution in [-0.2, 0) is 0 Å². The number of hydrogen-bond acceptors (Lipinski definition) is 6. The number of nitrogen functional groups attached to an aromatic ring is 1. The number of aromatic nitrogens is 3. The molecular weight excluding hydrogens is 300 g/mol. The number of anilines is 3. The molecule has 1 unspecified atom stereocenters. The first kappa shape index (κ1) is 16.0. The van der Waals surface area contributed by atoms with Crippen LogP contribution in [-0.4, -0.2) is 36.1 Å². The molecule has 0 fully saturated rings. The van der Waals surface area contributed by atoms with Gasteiger partial charge in [0.2, 0.25) is 11.9 Å². The summed E-state index contributed by atoms with van der Waals surface area (Å²) >= 11 is 0. The van der Waals surface area contributed by atoms with E-state index in [4.69, 9.17) is 5.73 Å². The van der Waals surface area contributed by atoms with Crippen LogP contribution in [0.15, 0.2) is 42.5 Å². The summed E-state index contributed by atoms with van der Waals surface area (Å²) in [5, 5.41) is 2.43. The van der Waals surface area contributed by atoms with Gasteiger partial charge in [0.05, 0.1) is 6.04 Å². The minimum atomic E-state index is -0.0323. The number of rotatable bonds is 4. The number of nitrogens with zero attached hydrogens (tertiary/aromatic N) is 5. The normalized spacial score (nSPS) is 12.2. The molecule has 1 aromatic heterocycles. The van der Waals surface area contributed by atoms with Gasteiger partial charge in [0, 0.05) is 26.8 Å². The molecule has 0 bridgehead atoms. The second-order valence-corrected chi connectivity index (χ2v) is 6.06. The fourth-order valence-corrected chi connectivity index (χ4v) is 2.58. The van der Waals surface area contributed by atoms with Gasteiger partial charge in [-0.1, -0.05) is 30.3 Å². The van der Waals surface area contributed by atoms with Crippen molar-refractivity contribution in [2.75, 3.05) is 36.7 Å². The maximum atomic E-state index is 5.84. The lowest BCUT2D eigenvalue weighted by atomic mass is 10.1. The smallest absolute Gasteiger partial charge is 0.229 e. The average molecular weight is 322 g/mol. The Kier molecular flexibility index (Phi) is 4.20. The summed E-state index contributed by atoms with van der Waals surface area (Å²) in [5.41, 5.74) is 6.94. The van der Waals surface area contributed by atoms with Crippen molar-refractivity contribution in [3.05, 3.63) is 48.3 Å². The van der Waals surface area contributed by atoms with Gasteiger partial charge in [-0.3, -0.25) is 0 Å². The summed E-state index contributed by atoms with van der Waals surface area (Å²) in [6.45, 7) is 2.06. The maximum Gasteiger partial charge on any atom is 0.229 e. The Morgan fingerprint density at radius 3 is 2.33 bits per heavy atom. The van der Waals surface area contributed by atoms with Crippen molar-refractivity contribution in [1.82, 2.24) is 15.0 Å². The third-order valence-electron chi connectivity index (χ3n) is 4.15. The summed E-state index contributed by atoms with van der Waals surface area (Å²) in [6.07, 6.45) is 0. The van der Waals surface area contributed by atoms with E-state index in [-0.39, 0.29) is 12.0 Å². The van der Waals surface area contributed by atoms with Crippen LogP contribution in [0.4, 0.5) is 17.6 Å². The molecule has 2 aromatic carbocycles. The Hall–Kier alpha value is -2.89. The maximum absolute atomic E-state index is 5.84. The first-order valence-electron chi connectivity index (χ1n) is 7.86. The molecule has 0 aliphatic carbocycles. The Labute approximate surface area is 142 Å². The van der Waals surface area contributed by atoms with Gasteiger partial charge in [0.25, 0.3) is 0 Å². The molecule has 2 N–H and O–H groups in total. The van der Waals surface area contributed by atoms with Crippen LogP contribution in [0.2, 0.25) is 0 Å². The van der Waals surface area contributed by atoms with E-state index in [9.17, 15) is 0 Å². The van der Waals surface area contributed by atoms with E-state index in [1.54, 1.807) is 0 Å². The average Bonchev–Trinajstić information content (AvgIpc) is 2.59. The number of nitrogens with two attached hydrogens (primary N) is 1. The highest BCUT2D eigenvalue weighted by Crippen LogP contribution is 2.27. The van der Waals surface area contributed by atoms with E-state index in [1.165, 1.54) is 10.8 Å². The standard InChI is InChI=1S/C18H22N6/c1-12(16-20-17(19)22-18(21-16)23(2)3)24(4)15-10-9-13-7-5-6-8-14(13)11-15/h5-12H,1-4H3,(H2,19,20,21,22). The molecule has 3 aromatic rings. The summed E-state index contributed by atoms with van der Waals surface area (Å²) < 4.78 is 0. The fraction of sp³-hybridized carbons (Fsp3) is 0.278. The molecule has 6 heteroatoms. The summed E-state index contributed by atoms with van der Waals surface area (Å²) in [6, 6.07) is 14.7. The Bertz CT molecular complexity index is 861. The first-order chi connectivity index (χ1) is 11.5. The molecule has 24 heavy (non-hydrogen) atoms. The lowest BCUT2D eigenvalue weighted by Crippen LogP contribution is -2.25. The van der Waals surface area contributed by atoms with Gasteiger partial charge in [-0.05, 0) is 29.8 Å². The largest absolute Gasteiger partial charge is 0.368 e. The number of fused-ring (bicyclic) bond motifs is 1. The van der Waals surface area contributed by atoms with Crippen LogP contribution >= 0.6 is 0 Å². The van der Waals surface area contributed by atoms with Crippen molar-refractivity contribution in [2.45, 2.75) is 13.0 Å². The van der Waals surface area contributed by atoms with E-state index < -0.39 is 0 Å². The quantitative estimate of drug-likeness (QED) is 0.796. The van der Waals surface area contributed by atoms with Crippen LogP contribution in [0.25, 0.3) is 10.8 Å². The summed E-state index contributed by atoms with van der Waals surface area (Å²) in [7, 11) is 5.80. The SMILES string of the molecule is CC(c1nc(N)nc(N(C)C)n1)N(C)c1ccc2ccccc2c1. The number of benzene rings is 2. The highest BCUT2D eigenvalue weighted by molar-refractivity contribution is 5.85. The van der Waals surface area contributed by atoms with Gasteiger partial charge in [0.1, 0.15) is 0 Å². The zero-order chi connectivity index (χ0) is 17.3. The molecule has 0 amide bonds. The van der Waals surface area contributed by atoms with E-state index >= 15 is 0 Å². The Balaban J connectivity index is 1.94. The first-order valence-corrected chi connectivity index (χ1v) is 7.86. The van der Waals surface area contributed by atoms with E-state index in [1.807, 2.05) is 38.2 Å². The molecule has 0 spiro atoms. The second-order valence-electron chi connectivity index (χ2n) is 6.06. The van der Waals surface area contributed by atoms with Crippen LogP contribution in [0.1, 0.15) is 18.8 Å². The van der Waals surface area contributed by atoms with Crippen LogP contribution < -0.4 is 15.5 Å². The van der Waals surface area contributed by atoms with Gasteiger partial charge in [-0.25, -0.2) is 0 Å². The summed E-state index contributed by atoms with van der Waals surface area (Å²) in [4.78, 5) is 17.0. The molecule has 0 saturated carbocycles. The molecule has 6 nitrogen and oxygen atoms in total. The highest BCUT2D eigenvalue weighted by Gasteiger charge is 2.18. The molecular formula is C18H22N6. The molecule has 3 rings (SSSR count). The molecule has 0 aliphatic heterocycles. The van der Waals surface area contributed by atoms with Crippen molar-refractivity contribution in [3.8, 4) is 0 Å². The predicted octanol–water partition coefficient (Wildman–Crippen LogP) is 2.87. The van der Waals surface area contributed by atoms with Gasteiger partial charge in [0.15, 0.2) is 5.82 Å². The van der Waals surface area contributed by atoms with E-state index in [0.29, 0.717) is 11.8 Å². The van der Waals surface area contributed by atoms with Gasteiger partial charge in [-0.15, -0.1) is 0 Å². The highest BCUT2D eigenvalue weighted by atomic mass is 15.3. The molecule has 1 heterocycles. The molecule has 0 saturated heterocycles. The van der Waals surface area contributed by atoms with Gasteiger partial charge < -0.3 is 15.5 Å². The summed E-state index contributed by atoms with van der Waals surface area (Å²) in [5.74, 6) is 1.46. The monoisotopic (exact) mass is 322 g/mol. The molecule has 1 atom stereocenters. The van der Waals surface area contributed by atoms with Crippen molar-refractivity contribution in [1.29, 1.82) is 0 Å². The third-order valence-corrected chi connectivity index (χ3v) is 4.15. The van der Waals surface area contributed by atoms with E-state index in [2.05, 4.69) is 57.1 Å². The Morgan fingerprint density at radius 1 is 0.917 bits per heavy atom. The molecule has 0 aliphatic rings. The third kappa shape index (κ3) is 3.08. The topological polar surface area (TPSA) is 71.2 Å². The van der Waals surface area contributed by atoms with Crippen molar-refractivity contribution < 1.29 is 0 Å². The number of hydrogen-bond donors (Lipinski definition) is 1. The fourth-order valence-electron chi connectivity index (χ4n) is 2.58. The van der Waals surface area contributed by atoms with Crippen molar-refractivity contribution in [3.63, 3.8) is 0 Å². The van der Waals surface area contributed by atoms with E-state index in [0.717, 1.165) is 5.69 Å². The van der Waals surface area contributed by atoms with Crippen molar-refractivity contribution in [2.24, 2.45) is 0 Å². The van der Waals surface area contributed by atoms with Crippen LogP contribution in [0.5, 0.6) is 0 Å². The van der Waals surface area contributed by atoms with Crippen LogP contribution in [0, 0.1) is 0 Å². The lowest BCUT2D eigenvalue weighted by Gasteiger charge is -2.26. The van der Waals surface area contributed by atoms with Crippen molar-refractivity contribution >= 4 is 28.4 Å². The van der Waals surface area contributed by atoms with Crippen LogP contribution in [0.3, 0.4) is 0 Å². The van der Waals surface area contributed by atoms with Gasteiger partial charge in [-0.2, -0.15) is 15.0 Å². The van der Waals surface area contributed by atoms with Gasteiger partial charge >= 0.3 is 0 Å².